The molecule has 0 N–H and O–H groups in total. The van der Waals surface area contributed by atoms with Crippen molar-refractivity contribution >= 4 is 17.6 Å². The largest absolute Gasteiger partial charge is 0.464 e. The SMILES string of the molecule is COC(=O)c1nccc(Cl)c1CN1CCC(F)(F)C(C)C1. The summed E-state index contributed by atoms with van der Waals surface area (Å²) < 4.78 is 31.7. The second kappa shape index (κ2) is 6.23. The van der Waals surface area contributed by atoms with Crippen molar-refractivity contribution in [3.63, 3.8) is 0 Å². The van der Waals surface area contributed by atoms with Crippen molar-refractivity contribution in [2.45, 2.75) is 25.8 Å². The number of hydrogen-bond acceptors (Lipinski definition) is 4. The molecule has 116 valence electrons. The Morgan fingerprint density at radius 2 is 2.33 bits per heavy atom. The molecular formula is C14H17ClF2N2O2. The van der Waals surface area contributed by atoms with Crippen molar-refractivity contribution < 1.29 is 18.3 Å². The van der Waals surface area contributed by atoms with E-state index in [1.165, 1.54) is 20.2 Å². The number of likely N-dealkylation sites (tertiary alicyclic amines) is 1. The lowest BCUT2D eigenvalue weighted by atomic mass is 9.95. The first-order valence-electron chi connectivity index (χ1n) is 6.67. The van der Waals surface area contributed by atoms with E-state index >= 15 is 0 Å². The lowest BCUT2D eigenvalue weighted by Gasteiger charge is -2.36. The smallest absolute Gasteiger partial charge is 0.357 e. The van der Waals surface area contributed by atoms with E-state index in [1.807, 2.05) is 4.90 Å². The van der Waals surface area contributed by atoms with Gasteiger partial charge in [-0.25, -0.2) is 18.6 Å². The minimum atomic E-state index is -2.64. The number of nitrogens with zero attached hydrogens (tertiary/aromatic N) is 2. The summed E-state index contributed by atoms with van der Waals surface area (Å²) in [6.07, 6.45) is 1.23. The first-order valence-corrected chi connectivity index (χ1v) is 7.05. The Balaban J connectivity index is 2.19. The van der Waals surface area contributed by atoms with Crippen LogP contribution in [-0.4, -0.2) is 42.0 Å². The molecule has 0 aliphatic carbocycles. The summed E-state index contributed by atoms with van der Waals surface area (Å²) in [4.78, 5) is 17.6. The van der Waals surface area contributed by atoms with E-state index in [-0.39, 0.29) is 25.2 Å². The van der Waals surface area contributed by atoms with Gasteiger partial charge in [0, 0.05) is 48.8 Å². The number of piperidine rings is 1. The Morgan fingerprint density at radius 3 is 2.95 bits per heavy atom. The number of rotatable bonds is 3. The van der Waals surface area contributed by atoms with Crippen molar-refractivity contribution in [3.05, 3.63) is 28.5 Å². The molecule has 0 amide bonds. The summed E-state index contributed by atoms with van der Waals surface area (Å²) in [6, 6.07) is 1.57. The molecule has 2 rings (SSSR count). The third-order valence-corrected chi connectivity index (χ3v) is 4.13. The summed E-state index contributed by atoms with van der Waals surface area (Å²) in [7, 11) is 1.26. The molecule has 1 aliphatic heterocycles. The van der Waals surface area contributed by atoms with Gasteiger partial charge in [-0.1, -0.05) is 18.5 Å². The molecule has 1 aromatic rings. The standard InChI is InChI=1S/C14H17ClF2N2O2/c1-9-7-19(6-4-14(9,16)17)8-10-11(15)3-5-18-12(10)13(20)21-2/h3,5,9H,4,6-8H2,1-2H3. The van der Waals surface area contributed by atoms with Crippen LogP contribution in [0.3, 0.4) is 0 Å². The van der Waals surface area contributed by atoms with Crippen LogP contribution in [0.2, 0.25) is 5.02 Å². The maximum atomic E-state index is 13.5. The van der Waals surface area contributed by atoms with Crippen LogP contribution in [0.25, 0.3) is 0 Å². The van der Waals surface area contributed by atoms with E-state index in [2.05, 4.69) is 9.72 Å². The Labute approximate surface area is 127 Å². The fourth-order valence-corrected chi connectivity index (χ4v) is 2.63. The molecule has 0 aromatic carbocycles. The second-order valence-electron chi connectivity index (χ2n) is 5.26. The Kier molecular flexibility index (Phi) is 4.78. The molecule has 1 saturated heterocycles. The van der Waals surface area contributed by atoms with E-state index in [1.54, 1.807) is 6.07 Å². The van der Waals surface area contributed by atoms with Gasteiger partial charge in [0.15, 0.2) is 5.69 Å². The molecule has 1 atom stereocenters. The van der Waals surface area contributed by atoms with Crippen LogP contribution in [0.1, 0.15) is 29.4 Å². The first-order chi connectivity index (χ1) is 9.85. The summed E-state index contributed by atoms with van der Waals surface area (Å²) in [6.45, 7) is 2.33. The van der Waals surface area contributed by atoms with E-state index in [9.17, 15) is 13.6 Å². The minimum absolute atomic E-state index is 0.134. The number of ether oxygens (including phenoxy) is 1. The number of aromatic nitrogens is 1. The van der Waals surface area contributed by atoms with Crippen LogP contribution in [0.4, 0.5) is 8.78 Å². The predicted molar refractivity (Wildman–Crippen MR) is 74.6 cm³/mol. The molecule has 1 fully saturated rings. The van der Waals surface area contributed by atoms with Gasteiger partial charge in [-0.05, 0) is 6.07 Å². The van der Waals surface area contributed by atoms with Crippen LogP contribution >= 0.6 is 11.6 Å². The average Bonchev–Trinajstić information content (AvgIpc) is 2.44. The van der Waals surface area contributed by atoms with Crippen molar-refractivity contribution in [3.8, 4) is 0 Å². The molecule has 1 aromatic heterocycles. The molecule has 0 bridgehead atoms. The molecule has 0 spiro atoms. The van der Waals surface area contributed by atoms with Crippen molar-refractivity contribution in [1.29, 1.82) is 0 Å². The Morgan fingerprint density at radius 1 is 1.62 bits per heavy atom. The number of alkyl halides is 2. The van der Waals surface area contributed by atoms with E-state index in [0.717, 1.165) is 0 Å². The van der Waals surface area contributed by atoms with Crippen LogP contribution in [0, 0.1) is 5.92 Å². The molecule has 4 nitrogen and oxygen atoms in total. The molecule has 1 aliphatic rings. The van der Waals surface area contributed by atoms with Gasteiger partial charge in [-0.3, -0.25) is 4.90 Å². The maximum Gasteiger partial charge on any atom is 0.357 e. The van der Waals surface area contributed by atoms with Gasteiger partial charge in [-0.2, -0.15) is 0 Å². The van der Waals surface area contributed by atoms with Crippen LogP contribution in [0.15, 0.2) is 12.3 Å². The quantitative estimate of drug-likeness (QED) is 0.804. The second-order valence-corrected chi connectivity index (χ2v) is 5.67. The van der Waals surface area contributed by atoms with Crippen molar-refractivity contribution in [2.75, 3.05) is 20.2 Å². The number of hydrogen-bond donors (Lipinski definition) is 0. The van der Waals surface area contributed by atoms with Gasteiger partial charge in [0.25, 0.3) is 5.92 Å². The highest BCUT2D eigenvalue weighted by Gasteiger charge is 2.41. The van der Waals surface area contributed by atoms with Gasteiger partial charge in [0.2, 0.25) is 0 Å². The lowest BCUT2D eigenvalue weighted by molar-refractivity contribution is -0.100. The minimum Gasteiger partial charge on any atom is -0.464 e. The zero-order valence-electron chi connectivity index (χ0n) is 11.9. The average molecular weight is 319 g/mol. The molecule has 1 unspecified atom stereocenters. The topological polar surface area (TPSA) is 42.4 Å². The molecule has 0 saturated carbocycles. The van der Waals surface area contributed by atoms with Gasteiger partial charge in [-0.15, -0.1) is 0 Å². The highest BCUT2D eigenvalue weighted by molar-refractivity contribution is 6.31. The number of carbonyl (C=O) groups excluding carboxylic acids is 1. The Hall–Kier alpha value is -1.27. The first kappa shape index (κ1) is 16.1. The zero-order chi connectivity index (χ0) is 15.6. The van der Waals surface area contributed by atoms with Crippen molar-refractivity contribution in [1.82, 2.24) is 9.88 Å². The van der Waals surface area contributed by atoms with Crippen LogP contribution in [0.5, 0.6) is 0 Å². The number of halogens is 3. The van der Waals surface area contributed by atoms with E-state index < -0.39 is 17.8 Å². The molecule has 2 heterocycles. The summed E-state index contributed by atoms with van der Waals surface area (Å²) in [5, 5.41) is 0.385. The predicted octanol–water partition coefficient (Wildman–Crippen LogP) is 3.00. The fraction of sp³-hybridized carbons (Fsp3) is 0.571. The molecular weight excluding hydrogens is 302 g/mol. The van der Waals surface area contributed by atoms with E-state index in [4.69, 9.17) is 11.6 Å². The van der Waals surface area contributed by atoms with E-state index in [0.29, 0.717) is 17.1 Å². The van der Waals surface area contributed by atoms with Gasteiger partial charge in [0.1, 0.15) is 0 Å². The van der Waals surface area contributed by atoms with Gasteiger partial charge >= 0.3 is 5.97 Å². The third-order valence-electron chi connectivity index (χ3n) is 3.77. The molecule has 7 heteroatoms. The summed E-state index contributed by atoms with van der Waals surface area (Å²) in [5.74, 6) is -3.95. The van der Waals surface area contributed by atoms with Gasteiger partial charge < -0.3 is 4.74 Å². The summed E-state index contributed by atoms with van der Waals surface area (Å²) >= 11 is 6.12. The number of carbonyl (C=O) groups is 1. The lowest BCUT2D eigenvalue weighted by Crippen LogP contribution is -2.45. The third kappa shape index (κ3) is 3.49. The zero-order valence-corrected chi connectivity index (χ0v) is 12.7. The van der Waals surface area contributed by atoms with Crippen LogP contribution < -0.4 is 0 Å². The maximum absolute atomic E-state index is 13.5. The van der Waals surface area contributed by atoms with Crippen molar-refractivity contribution in [2.24, 2.45) is 5.92 Å². The summed E-state index contributed by atoms with van der Waals surface area (Å²) in [5.41, 5.74) is 0.651. The number of esters is 1. The fourth-order valence-electron chi connectivity index (χ4n) is 2.42. The van der Waals surface area contributed by atoms with Crippen LogP contribution in [-0.2, 0) is 11.3 Å². The monoisotopic (exact) mass is 318 g/mol. The molecule has 21 heavy (non-hydrogen) atoms. The highest BCUT2D eigenvalue weighted by atomic mass is 35.5. The Bertz CT molecular complexity index is 540. The number of pyridine rings is 1. The normalized spacial score (nSPS) is 22.0. The molecule has 0 radical (unpaired) electrons. The van der Waals surface area contributed by atoms with Gasteiger partial charge in [0.05, 0.1) is 7.11 Å². The highest BCUT2D eigenvalue weighted by Crippen LogP contribution is 2.34. The number of methoxy groups -OCH3 is 1.